The Balaban J connectivity index is 2.21. The fourth-order valence-electron chi connectivity index (χ4n) is 2.55. The van der Waals surface area contributed by atoms with Crippen molar-refractivity contribution in [3.8, 4) is 5.75 Å². The maximum absolute atomic E-state index is 12.7. The van der Waals surface area contributed by atoms with E-state index in [1.54, 1.807) is 0 Å². The van der Waals surface area contributed by atoms with Crippen molar-refractivity contribution in [2.75, 3.05) is 6.61 Å². The van der Waals surface area contributed by atoms with Gasteiger partial charge in [-0.05, 0) is 38.1 Å². The van der Waals surface area contributed by atoms with Gasteiger partial charge in [-0.1, -0.05) is 11.6 Å². The van der Waals surface area contributed by atoms with E-state index in [1.807, 2.05) is 0 Å². The van der Waals surface area contributed by atoms with Gasteiger partial charge in [0.2, 0.25) is 5.78 Å². The number of primary amides is 1. The van der Waals surface area contributed by atoms with Gasteiger partial charge in [0.05, 0.1) is 5.56 Å². The maximum atomic E-state index is 12.7. The molecule has 0 atom stereocenters. The topological polar surface area (TPSA) is 74.3 Å². The fourth-order valence-corrected chi connectivity index (χ4v) is 2.71. The second kappa shape index (κ2) is 7.41. The SMILES string of the molecule is Cc1cc(C(=O)COc2cc(Cl)ccc2C(N)=O)c(C)n1CC(F)(F)F. The van der Waals surface area contributed by atoms with Crippen LogP contribution in [0, 0.1) is 13.8 Å². The highest BCUT2D eigenvalue weighted by Crippen LogP contribution is 2.25. The van der Waals surface area contributed by atoms with Crippen molar-refractivity contribution in [1.29, 1.82) is 0 Å². The first kappa shape index (κ1) is 19.8. The molecule has 0 spiro atoms. The molecule has 2 N–H and O–H groups in total. The van der Waals surface area contributed by atoms with Gasteiger partial charge in [-0.2, -0.15) is 13.2 Å². The third kappa shape index (κ3) is 4.57. The molecular formula is C17H16ClF3N2O3. The smallest absolute Gasteiger partial charge is 0.406 e. The van der Waals surface area contributed by atoms with Crippen molar-refractivity contribution in [2.45, 2.75) is 26.6 Å². The lowest BCUT2D eigenvalue weighted by Gasteiger charge is -2.12. The molecule has 0 bridgehead atoms. The van der Waals surface area contributed by atoms with Crippen LogP contribution in [0.15, 0.2) is 24.3 Å². The molecule has 0 unspecified atom stereocenters. The van der Waals surface area contributed by atoms with Crippen LogP contribution in [0.25, 0.3) is 0 Å². The predicted octanol–water partition coefficient (Wildman–Crippen LogP) is 3.68. The number of carbonyl (C=O) groups is 2. The van der Waals surface area contributed by atoms with Gasteiger partial charge >= 0.3 is 6.18 Å². The molecule has 1 aromatic carbocycles. The minimum atomic E-state index is -4.40. The Labute approximate surface area is 152 Å². The van der Waals surface area contributed by atoms with Gasteiger partial charge in [-0.15, -0.1) is 0 Å². The van der Waals surface area contributed by atoms with Crippen LogP contribution < -0.4 is 10.5 Å². The highest BCUT2D eigenvalue weighted by Gasteiger charge is 2.30. The molecule has 26 heavy (non-hydrogen) atoms. The minimum absolute atomic E-state index is 0.0300. The largest absolute Gasteiger partial charge is 0.485 e. The van der Waals surface area contributed by atoms with Crippen molar-refractivity contribution >= 4 is 23.3 Å². The molecule has 1 aromatic heterocycles. The van der Waals surface area contributed by atoms with E-state index in [0.717, 1.165) is 4.57 Å². The Hall–Kier alpha value is -2.48. The molecule has 1 heterocycles. The Morgan fingerprint density at radius 1 is 1.19 bits per heavy atom. The number of Topliss-reactive ketones (excluding diaryl/α,β-unsaturated/α-hetero) is 1. The molecule has 0 radical (unpaired) electrons. The Bertz CT molecular complexity index is 860. The summed E-state index contributed by atoms with van der Waals surface area (Å²) in [6, 6.07) is 5.52. The summed E-state index contributed by atoms with van der Waals surface area (Å²) in [7, 11) is 0. The summed E-state index contributed by atoms with van der Waals surface area (Å²) < 4.78 is 44.3. The van der Waals surface area contributed by atoms with Gasteiger partial charge in [-0.25, -0.2) is 0 Å². The number of amides is 1. The molecule has 0 saturated carbocycles. The number of nitrogens with zero attached hydrogens (tertiary/aromatic N) is 1. The number of alkyl halides is 3. The molecular weight excluding hydrogens is 373 g/mol. The van der Waals surface area contributed by atoms with Gasteiger partial charge in [0.15, 0.2) is 6.61 Å². The van der Waals surface area contributed by atoms with Crippen LogP contribution in [0.3, 0.4) is 0 Å². The summed E-state index contributed by atoms with van der Waals surface area (Å²) in [5, 5.41) is 0.279. The van der Waals surface area contributed by atoms with Crippen molar-refractivity contribution in [2.24, 2.45) is 5.73 Å². The highest BCUT2D eigenvalue weighted by molar-refractivity contribution is 6.30. The lowest BCUT2D eigenvalue weighted by molar-refractivity contribution is -0.141. The van der Waals surface area contributed by atoms with E-state index in [9.17, 15) is 22.8 Å². The molecule has 0 fully saturated rings. The van der Waals surface area contributed by atoms with Crippen LogP contribution in [0.5, 0.6) is 5.75 Å². The van der Waals surface area contributed by atoms with Crippen molar-refractivity contribution in [3.05, 3.63) is 51.8 Å². The average Bonchev–Trinajstić information content (AvgIpc) is 2.79. The number of benzene rings is 1. The van der Waals surface area contributed by atoms with Crippen molar-refractivity contribution < 1.29 is 27.5 Å². The van der Waals surface area contributed by atoms with E-state index in [-0.39, 0.29) is 27.6 Å². The first-order valence-electron chi connectivity index (χ1n) is 7.48. The molecule has 0 aliphatic heterocycles. The number of aromatic nitrogens is 1. The predicted molar refractivity (Wildman–Crippen MR) is 89.8 cm³/mol. The average molecular weight is 389 g/mol. The van der Waals surface area contributed by atoms with Gasteiger partial charge in [-0.3, -0.25) is 9.59 Å². The van der Waals surface area contributed by atoms with Gasteiger partial charge in [0, 0.05) is 22.0 Å². The summed E-state index contributed by atoms with van der Waals surface area (Å²) in [4.78, 5) is 23.8. The summed E-state index contributed by atoms with van der Waals surface area (Å²) >= 11 is 5.84. The lowest BCUT2D eigenvalue weighted by Crippen LogP contribution is -2.20. The maximum Gasteiger partial charge on any atom is 0.406 e. The van der Waals surface area contributed by atoms with Crippen LogP contribution in [0.4, 0.5) is 13.2 Å². The van der Waals surface area contributed by atoms with E-state index < -0.39 is 31.0 Å². The third-order valence-corrected chi connectivity index (χ3v) is 4.01. The summed E-state index contributed by atoms with van der Waals surface area (Å²) in [5.74, 6) is -1.25. The van der Waals surface area contributed by atoms with Gasteiger partial charge in [0.1, 0.15) is 12.3 Å². The number of ketones is 1. The second-order valence-electron chi connectivity index (χ2n) is 5.70. The molecule has 0 aliphatic carbocycles. The van der Waals surface area contributed by atoms with Crippen molar-refractivity contribution in [1.82, 2.24) is 4.57 Å². The van der Waals surface area contributed by atoms with Crippen LogP contribution in [0.2, 0.25) is 5.02 Å². The second-order valence-corrected chi connectivity index (χ2v) is 6.14. The molecule has 2 rings (SSSR count). The third-order valence-electron chi connectivity index (χ3n) is 3.78. The lowest BCUT2D eigenvalue weighted by atomic mass is 10.1. The zero-order valence-electron chi connectivity index (χ0n) is 14.0. The summed E-state index contributed by atoms with van der Waals surface area (Å²) in [5.41, 5.74) is 5.90. The minimum Gasteiger partial charge on any atom is -0.485 e. The normalized spacial score (nSPS) is 11.5. The first-order chi connectivity index (χ1) is 12.0. The molecule has 2 aromatic rings. The summed E-state index contributed by atoms with van der Waals surface area (Å²) in [6.45, 7) is 1.26. The van der Waals surface area contributed by atoms with Crippen LogP contribution in [-0.4, -0.2) is 29.0 Å². The number of carbonyl (C=O) groups excluding carboxylic acids is 2. The van der Waals surface area contributed by atoms with Gasteiger partial charge in [0.25, 0.3) is 5.91 Å². The zero-order valence-corrected chi connectivity index (χ0v) is 14.7. The molecule has 1 amide bonds. The number of hydrogen-bond donors (Lipinski definition) is 1. The Kier molecular flexibility index (Phi) is 5.65. The zero-order chi connectivity index (χ0) is 19.6. The number of aryl methyl sites for hydroxylation is 1. The highest BCUT2D eigenvalue weighted by atomic mass is 35.5. The standard InChI is InChI=1S/C17H16ClF3N2O3/c1-9-5-13(10(2)23(9)8-17(19,20)21)14(24)7-26-15-6-11(18)3-4-12(15)16(22)25/h3-6H,7-8H2,1-2H3,(H2,22,25). The number of nitrogens with two attached hydrogens (primary N) is 1. The molecule has 140 valence electrons. The quantitative estimate of drug-likeness (QED) is 0.767. The van der Waals surface area contributed by atoms with Crippen LogP contribution >= 0.6 is 11.6 Å². The van der Waals surface area contributed by atoms with E-state index in [0.29, 0.717) is 5.69 Å². The van der Waals surface area contributed by atoms with Crippen LogP contribution in [0.1, 0.15) is 32.1 Å². The molecule has 0 saturated heterocycles. The monoisotopic (exact) mass is 388 g/mol. The molecule has 0 aliphatic rings. The van der Waals surface area contributed by atoms with E-state index in [1.165, 1.54) is 38.1 Å². The fraction of sp³-hybridized carbons (Fsp3) is 0.294. The summed E-state index contributed by atoms with van der Waals surface area (Å²) in [6.07, 6.45) is -4.40. The van der Waals surface area contributed by atoms with Crippen molar-refractivity contribution in [3.63, 3.8) is 0 Å². The Morgan fingerprint density at radius 2 is 1.85 bits per heavy atom. The van der Waals surface area contributed by atoms with E-state index in [2.05, 4.69) is 0 Å². The Morgan fingerprint density at radius 3 is 2.42 bits per heavy atom. The molecule has 9 heteroatoms. The number of ether oxygens (including phenoxy) is 1. The van der Waals surface area contributed by atoms with Crippen LogP contribution in [-0.2, 0) is 6.54 Å². The number of halogens is 4. The number of hydrogen-bond acceptors (Lipinski definition) is 3. The van der Waals surface area contributed by atoms with E-state index >= 15 is 0 Å². The molecule has 5 nitrogen and oxygen atoms in total. The van der Waals surface area contributed by atoms with E-state index in [4.69, 9.17) is 22.1 Å². The van der Waals surface area contributed by atoms with Gasteiger partial charge < -0.3 is 15.0 Å². The first-order valence-corrected chi connectivity index (χ1v) is 7.86. The number of rotatable bonds is 6.